The van der Waals surface area contributed by atoms with Crippen LogP contribution in [0.1, 0.15) is 30.5 Å². The highest BCUT2D eigenvalue weighted by molar-refractivity contribution is 5.85. The molecule has 2 N–H and O–H groups in total. The highest BCUT2D eigenvalue weighted by atomic mass is 35.5. The van der Waals surface area contributed by atoms with Crippen molar-refractivity contribution < 1.29 is 9.50 Å². The van der Waals surface area contributed by atoms with E-state index in [2.05, 4.69) is 16.8 Å². The molecule has 2 rings (SSSR count). The topological polar surface area (TPSA) is 35.5 Å². The van der Waals surface area contributed by atoms with Crippen molar-refractivity contribution in [1.82, 2.24) is 10.2 Å². The van der Waals surface area contributed by atoms with Crippen molar-refractivity contribution in [2.24, 2.45) is 0 Å². The standard InChI is InChI=1S/C16H23FN2O.2ClH/c1-11(2)10-14(19-8-6-18-7-9-19)15-13(17)5-4-12(3)16(15)20;;/h4-5,14,18,20H,1,6-10H2,2-3H3;2*1H/t14-;;/m0../s1. The smallest absolute Gasteiger partial charge is 0.131 e. The van der Waals surface area contributed by atoms with E-state index in [9.17, 15) is 9.50 Å². The summed E-state index contributed by atoms with van der Waals surface area (Å²) in [6.45, 7) is 11.2. The first kappa shape index (κ1) is 21.2. The average Bonchev–Trinajstić information content (AvgIpc) is 2.43. The van der Waals surface area contributed by atoms with E-state index in [0.29, 0.717) is 17.5 Å². The molecule has 0 aliphatic carbocycles. The quantitative estimate of drug-likeness (QED) is 0.814. The number of nitrogens with zero attached hydrogens (tertiary/aromatic N) is 1. The highest BCUT2D eigenvalue weighted by Crippen LogP contribution is 2.37. The van der Waals surface area contributed by atoms with Crippen LogP contribution in [0.4, 0.5) is 4.39 Å². The zero-order valence-corrected chi connectivity index (χ0v) is 14.7. The van der Waals surface area contributed by atoms with Crippen molar-refractivity contribution in [3.8, 4) is 5.75 Å². The predicted molar refractivity (Wildman–Crippen MR) is 93.9 cm³/mol. The van der Waals surface area contributed by atoms with Crippen molar-refractivity contribution in [1.29, 1.82) is 0 Å². The number of phenols is 1. The molecular formula is C16H25Cl2FN2O. The van der Waals surface area contributed by atoms with E-state index in [4.69, 9.17) is 0 Å². The molecule has 1 fully saturated rings. The van der Waals surface area contributed by atoms with E-state index < -0.39 is 0 Å². The summed E-state index contributed by atoms with van der Waals surface area (Å²) in [5.41, 5.74) is 2.12. The van der Waals surface area contributed by atoms with Gasteiger partial charge in [-0.15, -0.1) is 31.4 Å². The lowest BCUT2D eigenvalue weighted by atomic mass is 9.95. The molecule has 126 valence electrons. The van der Waals surface area contributed by atoms with Gasteiger partial charge in [0.05, 0.1) is 0 Å². The van der Waals surface area contributed by atoms with Crippen LogP contribution in [0.15, 0.2) is 24.3 Å². The minimum Gasteiger partial charge on any atom is -0.507 e. The van der Waals surface area contributed by atoms with Gasteiger partial charge in [-0.3, -0.25) is 4.90 Å². The second-order valence-corrected chi connectivity index (χ2v) is 5.59. The summed E-state index contributed by atoms with van der Waals surface area (Å²) in [6.07, 6.45) is 0.661. The van der Waals surface area contributed by atoms with E-state index in [1.165, 1.54) is 6.07 Å². The number of hydrogen-bond acceptors (Lipinski definition) is 3. The Morgan fingerprint density at radius 3 is 2.50 bits per heavy atom. The zero-order valence-electron chi connectivity index (χ0n) is 13.1. The number of hydrogen-bond donors (Lipinski definition) is 2. The summed E-state index contributed by atoms with van der Waals surface area (Å²) in [5.74, 6) is -0.257. The summed E-state index contributed by atoms with van der Waals surface area (Å²) in [5, 5.41) is 13.6. The van der Waals surface area contributed by atoms with E-state index >= 15 is 0 Å². The van der Waals surface area contributed by atoms with Gasteiger partial charge in [-0.25, -0.2) is 4.39 Å². The van der Waals surface area contributed by atoms with E-state index in [1.807, 2.05) is 6.92 Å². The second kappa shape index (κ2) is 9.36. The van der Waals surface area contributed by atoms with Gasteiger partial charge in [0.1, 0.15) is 11.6 Å². The van der Waals surface area contributed by atoms with Crippen LogP contribution < -0.4 is 5.32 Å². The molecule has 0 saturated carbocycles. The van der Waals surface area contributed by atoms with Crippen molar-refractivity contribution in [2.75, 3.05) is 26.2 Å². The molecule has 1 aliphatic heterocycles. The maximum Gasteiger partial charge on any atom is 0.131 e. The Labute approximate surface area is 144 Å². The SMILES string of the molecule is C=C(C)C[C@@H](c1c(F)ccc(C)c1O)N1CCNCC1.Cl.Cl. The van der Waals surface area contributed by atoms with Gasteiger partial charge >= 0.3 is 0 Å². The maximum absolute atomic E-state index is 14.3. The van der Waals surface area contributed by atoms with Gasteiger partial charge in [0.25, 0.3) is 0 Å². The minimum atomic E-state index is -0.335. The molecule has 0 unspecified atom stereocenters. The molecule has 3 nitrogen and oxygen atoms in total. The fraction of sp³-hybridized carbons (Fsp3) is 0.500. The lowest BCUT2D eigenvalue weighted by Crippen LogP contribution is -2.45. The summed E-state index contributed by atoms with van der Waals surface area (Å²) >= 11 is 0. The molecule has 0 aromatic heterocycles. The van der Waals surface area contributed by atoms with E-state index in [0.717, 1.165) is 31.8 Å². The first-order chi connectivity index (χ1) is 9.50. The number of piperazine rings is 1. The maximum atomic E-state index is 14.3. The first-order valence-corrected chi connectivity index (χ1v) is 7.08. The van der Waals surface area contributed by atoms with Crippen molar-refractivity contribution in [2.45, 2.75) is 26.3 Å². The molecule has 1 atom stereocenters. The fourth-order valence-corrected chi connectivity index (χ4v) is 2.75. The predicted octanol–water partition coefficient (Wildman–Crippen LogP) is 3.60. The average molecular weight is 351 g/mol. The lowest BCUT2D eigenvalue weighted by Gasteiger charge is -2.36. The van der Waals surface area contributed by atoms with Crippen molar-refractivity contribution in [3.05, 3.63) is 41.2 Å². The molecule has 1 saturated heterocycles. The molecule has 22 heavy (non-hydrogen) atoms. The summed E-state index contributed by atoms with van der Waals surface area (Å²) in [4.78, 5) is 2.22. The number of aryl methyl sites for hydroxylation is 1. The third-order valence-corrected chi connectivity index (χ3v) is 3.83. The van der Waals surface area contributed by atoms with Crippen LogP contribution >= 0.6 is 24.8 Å². The van der Waals surface area contributed by atoms with Crippen molar-refractivity contribution >= 4 is 24.8 Å². The Balaban J connectivity index is 0.00000220. The van der Waals surface area contributed by atoms with Gasteiger partial charge in [-0.05, 0) is 31.9 Å². The third-order valence-electron chi connectivity index (χ3n) is 3.83. The van der Waals surface area contributed by atoms with Gasteiger partial charge in [0.2, 0.25) is 0 Å². The van der Waals surface area contributed by atoms with Crippen LogP contribution in [0, 0.1) is 12.7 Å². The van der Waals surface area contributed by atoms with Gasteiger partial charge in [0, 0.05) is 37.8 Å². The molecule has 0 spiro atoms. The van der Waals surface area contributed by atoms with Crippen LogP contribution in [0.25, 0.3) is 0 Å². The van der Waals surface area contributed by atoms with E-state index in [1.54, 1.807) is 13.0 Å². The Morgan fingerprint density at radius 1 is 1.36 bits per heavy atom. The molecule has 0 bridgehead atoms. The molecule has 0 radical (unpaired) electrons. The molecule has 1 heterocycles. The lowest BCUT2D eigenvalue weighted by molar-refractivity contribution is 0.166. The summed E-state index contributed by atoms with van der Waals surface area (Å²) < 4.78 is 14.3. The Morgan fingerprint density at radius 2 is 1.95 bits per heavy atom. The number of phenolic OH excluding ortho intramolecular Hbond substituents is 1. The first-order valence-electron chi connectivity index (χ1n) is 7.08. The molecule has 0 amide bonds. The Hall–Kier alpha value is -0.810. The number of rotatable bonds is 4. The van der Waals surface area contributed by atoms with Gasteiger partial charge in [-0.2, -0.15) is 0 Å². The normalized spacial score (nSPS) is 16.3. The summed E-state index contributed by atoms with van der Waals surface area (Å²) in [7, 11) is 0. The molecular weight excluding hydrogens is 326 g/mol. The van der Waals surface area contributed by atoms with Crippen LogP contribution in [0.3, 0.4) is 0 Å². The number of benzene rings is 1. The third kappa shape index (κ3) is 4.85. The second-order valence-electron chi connectivity index (χ2n) is 5.59. The number of aromatic hydroxyl groups is 1. The minimum absolute atomic E-state index is 0. The fourth-order valence-electron chi connectivity index (χ4n) is 2.75. The van der Waals surface area contributed by atoms with Crippen LogP contribution in [-0.4, -0.2) is 36.2 Å². The highest BCUT2D eigenvalue weighted by Gasteiger charge is 2.27. The van der Waals surface area contributed by atoms with Crippen molar-refractivity contribution in [3.63, 3.8) is 0 Å². The number of halogens is 3. The van der Waals surface area contributed by atoms with Crippen LogP contribution in [-0.2, 0) is 0 Å². The number of nitrogens with one attached hydrogen (secondary N) is 1. The van der Waals surface area contributed by atoms with Gasteiger partial charge in [0.15, 0.2) is 0 Å². The van der Waals surface area contributed by atoms with Gasteiger partial charge in [-0.1, -0.05) is 11.6 Å². The van der Waals surface area contributed by atoms with E-state index in [-0.39, 0.29) is 42.4 Å². The van der Waals surface area contributed by atoms with Crippen LogP contribution in [0.2, 0.25) is 0 Å². The van der Waals surface area contributed by atoms with Gasteiger partial charge < -0.3 is 10.4 Å². The molecule has 1 aromatic carbocycles. The largest absolute Gasteiger partial charge is 0.507 e. The Kier molecular flexibility index (Phi) is 9.01. The summed E-state index contributed by atoms with van der Waals surface area (Å²) in [6, 6.07) is 2.91. The Bertz CT molecular complexity index is 505. The zero-order chi connectivity index (χ0) is 14.7. The molecule has 1 aliphatic rings. The molecule has 1 aromatic rings. The molecule has 6 heteroatoms. The van der Waals surface area contributed by atoms with Crippen LogP contribution in [0.5, 0.6) is 5.75 Å². The monoisotopic (exact) mass is 350 g/mol.